The van der Waals surface area contributed by atoms with Gasteiger partial charge in [0.05, 0.1) is 6.04 Å². The van der Waals surface area contributed by atoms with Gasteiger partial charge in [-0.05, 0) is 31.6 Å². The van der Waals surface area contributed by atoms with Gasteiger partial charge in [-0.2, -0.15) is 0 Å². The van der Waals surface area contributed by atoms with E-state index in [-0.39, 0.29) is 0 Å². The van der Waals surface area contributed by atoms with E-state index in [0.717, 1.165) is 26.2 Å². The van der Waals surface area contributed by atoms with Crippen molar-refractivity contribution in [2.24, 2.45) is 5.41 Å². The van der Waals surface area contributed by atoms with Crippen LogP contribution in [0.1, 0.15) is 13.8 Å². The van der Waals surface area contributed by atoms with Crippen molar-refractivity contribution in [3.8, 4) is 0 Å². The maximum atomic E-state index is 3.62. The lowest BCUT2D eigenvalue weighted by atomic mass is 9.93. The summed E-state index contributed by atoms with van der Waals surface area (Å²) in [5.41, 5.74) is 1.64. The zero-order valence-electron chi connectivity index (χ0n) is 12.7. The first-order chi connectivity index (χ1) is 8.98. The quantitative estimate of drug-likeness (QED) is 0.898. The average Bonchev–Trinajstić information content (AvgIpc) is 2.49. The predicted octanol–water partition coefficient (Wildman–Crippen LogP) is 2.05. The average molecular weight is 261 g/mol. The van der Waals surface area contributed by atoms with Crippen LogP contribution in [0.5, 0.6) is 0 Å². The summed E-state index contributed by atoms with van der Waals surface area (Å²) in [6.07, 6.45) is 0. The van der Waals surface area contributed by atoms with Crippen molar-refractivity contribution in [3.05, 3.63) is 30.3 Å². The Balaban J connectivity index is 2.25. The van der Waals surface area contributed by atoms with E-state index in [4.69, 9.17) is 0 Å². The second-order valence-corrected chi connectivity index (χ2v) is 6.67. The number of anilines is 1. The van der Waals surface area contributed by atoms with E-state index in [2.05, 4.69) is 73.4 Å². The van der Waals surface area contributed by atoms with Crippen LogP contribution in [0.2, 0.25) is 0 Å². The van der Waals surface area contributed by atoms with Crippen molar-refractivity contribution in [3.63, 3.8) is 0 Å². The van der Waals surface area contributed by atoms with Crippen molar-refractivity contribution in [2.75, 3.05) is 45.2 Å². The van der Waals surface area contributed by atoms with Crippen LogP contribution in [0, 0.1) is 5.41 Å². The van der Waals surface area contributed by atoms with E-state index >= 15 is 0 Å². The molecule has 0 spiro atoms. The van der Waals surface area contributed by atoms with Gasteiger partial charge in [-0.25, -0.2) is 0 Å². The molecule has 1 aromatic rings. The number of nitrogens with zero attached hydrogens (tertiary/aromatic N) is 2. The monoisotopic (exact) mass is 261 g/mol. The molecule has 0 aromatic heterocycles. The molecule has 2 rings (SSSR count). The topological polar surface area (TPSA) is 18.5 Å². The third-order valence-corrected chi connectivity index (χ3v) is 3.69. The van der Waals surface area contributed by atoms with Crippen LogP contribution in [0.25, 0.3) is 0 Å². The van der Waals surface area contributed by atoms with Crippen LogP contribution in [-0.2, 0) is 0 Å². The number of rotatable bonds is 3. The molecule has 1 aliphatic heterocycles. The molecule has 1 heterocycles. The molecule has 1 fully saturated rings. The van der Waals surface area contributed by atoms with Crippen LogP contribution < -0.4 is 10.2 Å². The molecular weight excluding hydrogens is 234 g/mol. The highest BCUT2D eigenvalue weighted by Gasteiger charge is 2.30. The molecule has 1 saturated heterocycles. The Hall–Kier alpha value is -1.06. The van der Waals surface area contributed by atoms with Crippen LogP contribution in [0.15, 0.2) is 30.3 Å². The van der Waals surface area contributed by atoms with Crippen LogP contribution >= 0.6 is 0 Å². The highest BCUT2D eigenvalue weighted by molar-refractivity contribution is 5.48. The summed E-state index contributed by atoms with van der Waals surface area (Å²) in [7, 11) is 4.30. The third-order valence-electron chi connectivity index (χ3n) is 3.69. The highest BCUT2D eigenvalue weighted by atomic mass is 15.2. The Morgan fingerprint density at radius 3 is 2.58 bits per heavy atom. The van der Waals surface area contributed by atoms with Gasteiger partial charge in [-0.3, -0.25) is 0 Å². The second kappa shape index (κ2) is 5.93. The van der Waals surface area contributed by atoms with Gasteiger partial charge in [0.2, 0.25) is 0 Å². The van der Waals surface area contributed by atoms with Gasteiger partial charge in [0.25, 0.3) is 0 Å². The lowest BCUT2D eigenvalue weighted by Gasteiger charge is -2.37. The fourth-order valence-electron chi connectivity index (χ4n) is 2.84. The molecule has 0 saturated carbocycles. The maximum absolute atomic E-state index is 3.62. The molecule has 1 unspecified atom stereocenters. The first kappa shape index (κ1) is 14.4. The Kier molecular flexibility index (Phi) is 4.48. The van der Waals surface area contributed by atoms with E-state index in [1.165, 1.54) is 5.69 Å². The fraction of sp³-hybridized carbons (Fsp3) is 0.625. The molecule has 1 aliphatic rings. The predicted molar refractivity (Wildman–Crippen MR) is 82.8 cm³/mol. The number of para-hydroxylation sites is 1. The molecule has 3 heteroatoms. The van der Waals surface area contributed by atoms with Gasteiger partial charge in [0.15, 0.2) is 0 Å². The molecular formula is C16H27N3. The molecule has 1 aromatic carbocycles. The first-order valence-corrected chi connectivity index (χ1v) is 7.15. The van der Waals surface area contributed by atoms with Crippen molar-refractivity contribution in [1.29, 1.82) is 0 Å². The fourth-order valence-corrected chi connectivity index (χ4v) is 2.84. The van der Waals surface area contributed by atoms with Crippen molar-refractivity contribution >= 4 is 5.69 Å². The summed E-state index contributed by atoms with van der Waals surface area (Å²) in [5.74, 6) is 0. The molecule has 0 bridgehead atoms. The van der Waals surface area contributed by atoms with Gasteiger partial charge in [0, 0.05) is 31.9 Å². The molecule has 0 radical (unpaired) electrons. The number of hydrogen-bond donors (Lipinski definition) is 1. The number of likely N-dealkylation sites (N-methyl/N-ethyl adjacent to an activating group) is 1. The zero-order valence-corrected chi connectivity index (χ0v) is 12.7. The molecule has 0 aliphatic carbocycles. The summed E-state index contributed by atoms with van der Waals surface area (Å²) in [6.45, 7) is 9.00. The lowest BCUT2D eigenvalue weighted by Crippen LogP contribution is -2.47. The normalized spacial score (nSPS) is 23.4. The van der Waals surface area contributed by atoms with E-state index in [1.807, 2.05) is 0 Å². The standard InChI is InChI=1S/C16H27N3/c1-16(2)12-17-10-15(11-18(3)4)19(13-16)14-8-6-5-7-9-14/h5-9,15,17H,10-13H2,1-4H3. The van der Waals surface area contributed by atoms with Crippen LogP contribution in [0.4, 0.5) is 5.69 Å². The van der Waals surface area contributed by atoms with Gasteiger partial charge in [0.1, 0.15) is 0 Å². The smallest absolute Gasteiger partial charge is 0.0541 e. The second-order valence-electron chi connectivity index (χ2n) is 6.67. The van der Waals surface area contributed by atoms with Gasteiger partial charge in [-0.15, -0.1) is 0 Å². The van der Waals surface area contributed by atoms with E-state index in [9.17, 15) is 0 Å². The van der Waals surface area contributed by atoms with Crippen LogP contribution in [-0.4, -0.2) is 51.2 Å². The van der Waals surface area contributed by atoms with E-state index < -0.39 is 0 Å². The van der Waals surface area contributed by atoms with E-state index in [1.54, 1.807) is 0 Å². The molecule has 106 valence electrons. The Labute approximate surface area is 117 Å². The summed E-state index contributed by atoms with van der Waals surface area (Å²) < 4.78 is 0. The maximum Gasteiger partial charge on any atom is 0.0541 e. The first-order valence-electron chi connectivity index (χ1n) is 7.15. The minimum atomic E-state index is 0.302. The minimum Gasteiger partial charge on any atom is -0.365 e. The summed E-state index contributed by atoms with van der Waals surface area (Å²) >= 11 is 0. The molecule has 1 atom stereocenters. The number of hydrogen-bond acceptors (Lipinski definition) is 3. The van der Waals surface area contributed by atoms with Gasteiger partial charge in [-0.1, -0.05) is 32.0 Å². The third kappa shape index (κ3) is 3.95. The Morgan fingerprint density at radius 1 is 1.26 bits per heavy atom. The minimum absolute atomic E-state index is 0.302. The van der Waals surface area contributed by atoms with Crippen molar-refractivity contribution in [1.82, 2.24) is 10.2 Å². The largest absolute Gasteiger partial charge is 0.365 e. The SMILES string of the molecule is CN(C)CC1CNCC(C)(C)CN1c1ccccc1. The van der Waals surface area contributed by atoms with Crippen molar-refractivity contribution in [2.45, 2.75) is 19.9 Å². The number of nitrogens with one attached hydrogen (secondary N) is 1. The molecule has 3 nitrogen and oxygen atoms in total. The lowest BCUT2D eigenvalue weighted by molar-refractivity contribution is 0.351. The zero-order chi connectivity index (χ0) is 13.9. The van der Waals surface area contributed by atoms with E-state index in [0.29, 0.717) is 11.5 Å². The number of benzene rings is 1. The molecule has 19 heavy (non-hydrogen) atoms. The van der Waals surface area contributed by atoms with Crippen molar-refractivity contribution < 1.29 is 0 Å². The summed E-state index contributed by atoms with van der Waals surface area (Å²) in [6, 6.07) is 11.3. The van der Waals surface area contributed by atoms with Crippen LogP contribution in [0.3, 0.4) is 0 Å². The Morgan fingerprint density at radius 2 is 1.95 bits per heavy atom. The summed E-state index contributed by atoms with van der Waals surface area (Å²) in [4.78, 5) is 4.85. The van der Waals surface area contributed by atoms with Gasteiger partial charge < -0.3 is 15.1 Å². The highest BCUT2D eigenvalue weighted by Crippen LogP contribution is 2.26. The molecule has 0 amide bonds. The Bertz CT molecular complexity index is 386. The van der Waals surface area contributed by atoms with Gasteiger partial charge >= 0.3 is 0 Å². The molecule has 1 N–H and O–H groups in total. The summed E-state index contributed by atoms with van der Waals surface area (Å²) in [5, 5.41) is 3.62.